The molecule has 0 saturated heterocycles. The van der Waals surface area contributed by atoms with Crippen LogP contribution in [0.15, 0.2) is 30.5 Å². The average molecular weight is 252 g/mol. The molecule has 2 nitrogen and oxygen atoms in total. The highest BCUT2D eigenvalue weighted by Gasteiger charge is 2.19. The molecule has 1 heterocycles. The largest absolute Gasteiger partial charge is 0.241 e. The van der Waals surface area contributed by atoms with Gasteiger partial charge in [0.05, 0.1) is 5.69 Å². The van der Waals surface area contributed by atoms with E-state index >= 15 is 0 Å². The van der Waals surface area contributed by atoms with Gasteiger partial charge in [0.1, 0.15) is 5.82 Å². The third kappa shape index (κ3) is 2.16. The molecule has 0 saturated carbocycles. The Balaban J connectivity index is 2.10. The molecule has 98 valence electrons. The van der Waals surface area contributed by atoms with Crippen LogP contribution in [-0.2, 0) is 12.8 Å². The molecule has 0 unspecified atom stereocenters. The lowest BCUT2D eigenvalue weighted by Gasteiger charge is -2.20. The lowest BCUT2D eigenvalue weighted by atomic mass is 9.89. The fourth-order valence-corrected chi connectivity index (χ4v) is 2.93. The number of rotatable bonds is 3. The third-order valence-electron chi connectivity index (χ3n) is 4.17. The van der Waals surface area contributed by atoms with Gasteiger partial charge < -0.3 is 0 Å². The maximum Gasteiger partial charge on any atom is 0.132 e. The monoisotopic (exact) mass is 252 g/mol. The topological polar surface area (TPSA) is 25.8 Å². The minimum absolute atomic E-state index is 0.486. The van der Waals surface area contributed by atoms with Gasteiger partial charge in [-0.05, 0) is 36.8 Å². The number of fused-ring (bicyclic) bond motifs is 3. The van der Waals surface area contributed by atoms with Crippen LogP contribution in [0.25, 0.3) is 11.3 Å². The summed E-state index contributed by atoms with van der Waals surface area (Å²) in [5.74, 6) is 1.50. The minimum Gasteiger partial charge on any atom is -0.241 e. The lowest BCUT2D eigenvalue weighted by molar-refractivity contribution is 0.600. The van der Waals surface area contributed by atoms with Gasteiger partial charge in [0.15, 0.2) is 0 Å². The molecular formula is C17H20N2. The van der Waals surface area contributed by atoms with Crippen molar-refractivity contribution >= 4 is 0 Å². The Hall–Kier alpha value is -1.70. The van der Waals surface area contributed by atoms with Gasteiger partial charge in [0, 0.05) is 17.7 Å². The van der Waals surface area contributed by atoms with Crippen molar-refractivity contribution in [3.8, 4) is 11.3 Å². The van der Waals surface area contributed by atoms with Crippen molar-refractivity contribution < 1.29 is 0 Å². The summed E-state index contributed by atoms with van der Waals surface area (Å²) in [4.78, 5) is 9.48. The van der Waals surface area contributed by atoms with E-state index in [2.05, 4.69) is 43.1 Å². The number of aryl methyl sites for hydroxylation is 2. The molecule has 1 aliphatic carbocycles. The molecule has 1 aromatic heterocycles. The van der Waals surface area contributed by atoms with Gasteiger partial charge >= 0.3 is 0 Å². The normalized spacial score (nSPS) is 13.2. The first-order valence-corrected chi connectivity index (χ1v) is 7.27. The molecule has 0 spiro atoms. The van der Waals surface area contributed by atoms with Crippen molar-refractivity contribution in [1.29, 1.82) is 0 Å². The Morgan fingerprint density at radius 3 is 2.58 bits per heavy atom. The molecule has 1 aromatic carbocycles. The van der Waals surface area contributed by atoms with Gasteiger partial charge in [-0.1, -0.05) is 38.1 Å². The van der Waals surface area contributed by atoms with Crippen LogP contribution in [-0.4, -0.2) is 9.97 Å². The van der Waals surface area contributed by atoms with E-state index in [1.807, 2.05) is 6.20 Å². The van der Waals surface area contributed by atoms with Crippen LogP contribution < -0.4 is 0 Å². The van der Waals surface area contributed by atoms with E-state index in [0.717, 1.165) is 31.5 Å². The van der Waals surface area contributed by atoms with Crippen molar-refractivity contribution in [3.63, 3.8) is 0 Å². The maximum atomic E-state index is 4.89. The minimum atomic E-state index is 0.486. The summed E-state index contributed by atoms with van der Waals surface area (Å²) >= 11 is 0. The Morgan fingerprint density at radius 1 is 1.05 bits per heavy atom. The molecular weight excluding hydrogens is 232 g/mol. The zero-order valence-corrected chi connectivity index (χ0v) is 11.7. The van der Waals surface area contributed by atoms with E-state index in [1.54, 1.807) is 0 Å². The summed E-state index contributed by atoms with van der Waals surface area (Å²) in [5.41, 5.74) is 5.19. The van der Waals surface area contributed by atoms with Crippen molar-refractivity contribution in [2.24, 2.45) is 0 Å². The molecule has 1 aliphatic rings. The second kappa shape index (κ2) is 5.12. The second-order valence-electron chi connectivity index (χ2n) is 5.27. The number of benzene rings is 1. The van der Waals surface area contributed by atoms with E-state index in [1.165, 1.54) is 22.4 Å². The predicted molar refractivity (Wildman–Crippen MR) is 78.2 cm³/mol. The van der Waals surface area contributed by atoms with Gasteiger partial charge in [-0.25, -0.2) is 9.97 Å². The van der Waals surface area contributed by atoms with Crippen LogP contribution in [0.1, 0.15) is 49.6 Å². The highest BCUT2D eigenvalue weighted by atomic mass is 14.9. The van der Waals surface area contributed by atoms with Gasteiger partial charge in [0.2, 0.25) is 0 Å². The molecule has 0 bridgehead atoms. The Bertz CT molecular complexity index is 586. The Morgan fingerprint density at radius 2 is 1.79 bits per heavy atom. The molecule has 0 amide bonds. The number of hydrogen-bond donors (Lipinski definition) is 0. The first-order valence-electron chi connectivity index (χ1n) is 7.27. The van der Waals surface area contributed by atoms with E-state index in [-0.39, 0.29) is 0 Å². The van der Waals surface area contributed by atoms with E-state index in [0.29, 0.717) is 5.92 Å². The first-order chi connectivity index (χ1) is 9.33. The Labute approximate surface area is 114 Å². The number of aromatic nitrogens is 2. The zero-order chi connectivity index (χ0) is 13.2. The lowest BCUT2D eigenvalue weighted by Crippen LogP contribution is -2.10. The van der Waals surface area contributed by atoms with Gasteiger partial charge in [-0.15, -0.1) is 0 Å². The Kier molecular flexibility index (Phi) is 3.33. The molecule has 2 aromatic rings. The summed E-state index contributed by atoms with van der Waals surface area (Å²) in [6.45, 7) is 4.43. The summed E-state index contributed by atoms with van der Waals surface area (Å²) in [6.07, 6.45) is 6.44. The van der Waals surface area contributed by atoms with Crippen molar-refractivity contribution in [2.75, 3.05) is 0 Å². The van der Waals surface area contributed by atoms with Crippen molar-refractivity contribution in [1.82, 2.24) is 9.97 Å². The van der Waals surface area contributed by atoms with E-state index < -0.39 is 0 Å². The summed E-state index contributed by atoms with van der Waals surface area (Å²) in [5, 5.41) is 0. The smallest absolute Gasteiger partial charge is 0.132 e. The summed E-state index contributed by atoms with van der Waals surface area (Å²) < 4.78 is 0. The molecule has 19 heavy (non-hydrogen) atoms. The van der Waals surface area contributed by atoms with E-state index in [4.69, 9.17) is 4.98 Å². The average Bonchev–Trinajstić information content (AvgIpc) is 2.48. The first kappa shape index (κ1) is 12.3. The standard InChI is InChI=1S/C17H20N2/c1-3-12(4-2)17-18-11-14-10-9-13-7-5-6-8-15(13)16(14)19-17/h5-8,11-12H,3-4,9-10H2,1-2H3. The fraction of sp³-hybridized carbons (Fsp3) is 0.412. The molecule has 0 aliphatic heterocycles. The number of hydrogen-bond acceptors (Lipinski definition) is 2. The summed E-state index contributed by atoms with van der Waals surface area (Å²) in [7, 11) is 0. The highest BCUT2D eigenvalue weighted by Crippen LogP contribution is 2.32. The molecule has 0 atom stereocenters. The third-order valence-corrected chi connectivity index (χ3v) is 4.17. The molecule has 0 fully saturated rings. The van der Waals surface area contributed by atoms with Gasteiger partial charge in [-0.2, -0.15) is 0 Å². The van der Waals surface area contributed by atoms with Crippen LogP contribution in [0.2, 0.25) is 0 Å². The van der Waals surface area contributed by atoms with Gasteiger partial charge in [0.25, 0.3) is 0 Å². The van der Waals surface area contributed by atoms with Crippen LogP contribution >= 0.6 is 0 Å². The fourth-order valence-electron chi connectivity index (χ4n) is 2.93. The van der Waals surface area contributed by atoms with Crippen molar-refractivity contribution in [2.45, 2.75) is 45.4 Å². The quantitative estimate of drug-likeness (QED) is 0.820. The zero-order valence-electron chi connectivity index (χ0n) is 11.7. The SMILES string of the molecule is CCC(CC)c1ncc2c(n1)-c1ccccc1CC2. The van der Waals surface area contributed by atoms with Crippen LogP contribution in [0.3, 0.4) is 0 Å². The van der Waals surface area contributed by atoms with Crippen molar-refractivity contribution in [3.05, 3.63) is 47.4 Å². The predicted octanol–water partition coefficient (Wildman–Crippen LogP) is 4.15. The summed E-state index contributed by atoms with van der Waals surface area (Å²) in [6, 6.07) is 8.63. The second-order valence-corrected chi connectivity index (χ2v) is 5.27. The number of nitrogens with zero attached hydrogens (tertiary/aromatic N) is 2. The molecule has 2 heteroatoms. The highest BCUT2D eigenvalue weighted by molar-refractivity contribution is 5.69. The molecule has 0 radical (unpaired) electrons. The van der Waals surface area contributed by atoms with Gasteiger partial charge in [-0.3, -0.25) is 0 Å². The molecule has 3 rings (SSSR count). The molecule has 0 N–H and O–H groups in total. The van der Waals surface area contributed by atoms with Crippen LogP contribution in [0, 0.1) is 0 Å². The van der Waals surface area contributed by atoms with Crippen LogP contribution in [0.4, 0.5) is 0 Å². The van der Waals surface area contributed by atoms with Crippen LogP contribution in [0.5, 0.6) is 0 Å². The maximum absolute atomic E-state index is 4.89. The van der Waals surface area contributed by atoms with E-state index in [9.17, 15) is 0 Å².